The van der Waals surface area contributed by atoms with E-state index in [0.717, 1.165) is 5.69 Å². The van der Waals surface area contributed by atoms with Crippen molar-refractivity contribution in [3.8, 4) is 5.69 Å². The number of carbonyl (C=O) groups excluding carboxylic acids is 1. The quantitative estimate of drug-likeness (QED) is 0.585. The Labute approximate surface area is 147 Å². The second-order valence-corrected chi connectivity index (χ2v) is 5.63. The van der Waals surface area contributed by atoms with Crippen molar-refractivity contribution in [3.63, 3.8) is 0 Å². The molecule has 128 valence electrons. The second kappa shape index (κ2) is 6.60. The Morgan fingerprint density at radius 2 is 1.77 bits per heavy atom. The van der Waals surface area contributed by atoms with E-state index < -0.39 is 0 Å². The van der Waals surface area contributed by atoms with Gasteiger partial charge in [0.25, 0.3) is 5.56 Å². The van der Waals surface area contributed by atoms with E-state index in [1.165, 1.54) is 6.33 Å². The highest BCUT2D eigenvalue weighted by Gasteiger charge is 2.14. The van der Waals surface area contributed by atoms with Gasteiger partial charge in [-0.15, -0.1) is 10.2 Å². The van der Waals surface area contributed by atoms with Crippen molar-refractivity contribution in [2.45, 2.75) is 6.42 Å². The van der Waals surface area contributed by atoms with Crippen molar-refractivity contribution in [2.75, 3.05) is 5.32 Å². The van der Waals surface area contributed by atoms with Crippen molar-refractivity contribution in [2.24, 2.45) is 0 Å². The van der Waals surface area contributed by atoms with Gasteiger partial charge in [0.2, 0.25) is 11.9 Å². The van der Waals surface area contributed by atoms with Gasteiger partial charge < -0.3 is 0 Å². The molecule has 4 aromatic rings. The molecule has 0 aliphatic carbocycles. The molecule has 0 saturated heterocycles. The van der Waals surface area contributed by atoms with E-state index in [9.17, 15) is 9.59 Å². The molecule has 0 fully saturated rings. The Hall–Kier alpha value is -3.81. The average molecular weight is 346 g/mol. The Bertz CT molecular complexity index is 1130. The van der Waals surface area contributed by atoms with E-state index in [2.05, 4.69) is 25.7 Å². The molecule has 8 nitrogen and oxygen atoms in total. The van der Waals surface area contributed by atoms with Gasteiger partial charge in [-0.1, -0.05) is 36.4 Å². The average Bonchev–Trinajstić information content (AvgIpc) is 3.13. The van der Waals surface area contributed by atoms with Gasteiger partial charge in [0, 0.05) is 5.39 Å². The van der Waals surface area contributed by atoms with Gasteiger partial charge in [-0.3, -0.25) is 19.5 Å². The number of amides is 1. The molecule has 0 saturated carbocycles. The molecule has 2 aromatic carbocycles. The fraction of sp³-hybridized carbons (Fsp3) is 0.0556. The van der Waals surface area contributed by atoms with Gasteiger partial charge in [0.1, 0.15) is 6.33 Å². The third-order valence-corrected chi connectivity index (χ3v) is 3.94. The van der Waals surface area contributed by atoms with Crippen molar-refractivity contribution in [1.29, 1.82) is 0 Å². The van der Waals surface area contributed by atoms with Crippen LogP contribution in [-0.4, -0.2) is 30.9 Å². The molecule has 2 heterocycles. The third kappa shape index (κ3) is 2.95. The number of para-hydroxylation sites is 1. The number of carbonyl (C=O) groups is 1. The Morgan fingerprint density at radius 1 is 1.04 bits per heavy atom. The van der Waals surface area contributed by atoms with E-state index in [1.54, 1.807) is 28.8 Å². The molecular formula is C18H14N6O2. The van der Waals surface area contributed by atoms with Crippen LogP contribution in [0, 0.1) is 0 Å². The number of H-pyrrole nitrogens is 1. The highest BCUT2D eigenvalue weighted by molar-refractivity contribution is 5.94. The minimum Gasteiger partial charge on any atom is -0.294 e. The number of aromatic nitrogens is 5. The molecule has 0 bridgehead atoms. The van der Waals surface area contributed by atoms with Crippen LogP contribution in [0.25, 0.3) is 16.5 Å². The minimum absolute atomic E-state index is 0.00105. The van der Waals surface area contributed by atoms with Gasteiger partial charge in [0.05, 0.1) is 23.2 Å². The molecule has 2 aromatic heterocycles. The Morgan fingerprint density at radius 3 is 2.58 bits per heavy atom. The summed E-state index contributed by atoms with van der Waals surface area (Å²) in [5.74, 6) is 0.00909. The van der Waals surface area contributed by atoms with Gasteiger partial charge in [-0.2, -0.15) is 5.10 Å². The molecule has 4 rings (SSSR count). The summed E-state index contributed by atoms with van der Waals surface area (Å²) in [5, 5.41) is 18.1. The van der Waals surface area contributed by atoms with Crippen LogP contribution in [0.1, 0.15) is 5.69 Å². The molecule has 0 atom stereocenters. The van der Waals surface area contributed by atoms with Crippen LogP contribution in [0.15, 0.2) is 65.7 Å². The molecular weight excluding hydrogens is 332 g/mol. The summed E-state index contributed by atoms with van der Waals surface area (Å²) in [5.41, 5.74) is 1.04. The lowest BCUT2D eigenvalue weighted by atomic mass is 10.1. The lowest BCUT2D eigenvalue weighted by Crippen LogP contribution is -2.20. The summed E-state index contributed by atoms with van der Waals surface area (Å²) in [4.78, 5) is 24.3. The van der Waals surface area contributed by atoms with E-state index in [4.69, 9.17) is 0 Å². The fourth-order valence-electron chi connectivity index (χ4n) is 2.72. The summed E-state index contributed by atoms with van der Waals surface area (Å²) >= 11 is 0. The fourth-order valence-corrected chi connectivity index (χ4v) is 2.72. The Kier molecular flexibility index (Phi) is 3.98. The number of benzene rings is 2. The number of nitrogens with one attached hydrogen (secondary N) is 2. The number of nitrogens with zero attached hydrogens (tertiary/aromatic N) is 4. The second-order valence-electron chi connectivity index (χ2n) is 5.63. The number of rotatable bonds is 4. The monoisotopic (exact) mass is 346 g/mol. The molecule has 0 spiro atoms. The highest BCUT2D eigenvalue weighted by atomic mass is 16.2. The van der Waals surface area contributed by atoms with E-state index in [-0.39, 0.29) is 17.9 Å². The van der Waals surface area contributed by atoms with Crippen LogP contribution in [0.3, 0.4) is 0 Å². The summed E-state index contributed by atoms with van der Waals surface area (Å²) in [6.45, 7) is 0. The molecule has 0 aliphatic rings. The smallest absolute Gasteiger partial charge is 0.272 e. The van der Waals surface area contributed by atoms with Crippen molar-refractivity contribution in [1.82, 2.24) is 25.0 Å². The van der Waals surface area contributed by atoms with Crippen LogP contribution in [0.4, 0.5) is 5.95 Å². The highest BCUT2D eigenvalue weighted by Crippen LogP contribution is 2.15. The van der Waals surface area contributed by atoms with Gasteiger partial charge in [-0.25, -0.2) is 5.10 Å². The number of hydrogen-bond donors (Lipinski definition) is 2. The first-order valence-corrected chi connectivity index (χ1v) is 7.94. The normalized spacial score (nSPS) is 10.8. The van der Waals surface area contributed by atoms with Crippen molar-refractivity contribution in [3.05, 3.63) is 77.0 Å². The molecule has 1 amide bonds. The van der Waals surface area contributed by atoms with E-state index >= 15 is 0 Å². The molecule has 0 aliphatic heterocycles. The maximum absolute atomic E-state index is 12.5. The minimum atomic E-state index is -0.306. The first-order chi connectivity index (χ1) is 12.7. The maximum atomic E-state index is 12.5. The molecule has 0 radical (unpaired) electrons. The lowest BCUT2D eigenvalue weighted by molar-refractivity contribution is -0.115. The predicted octanol–water partition coefficient (Wildman–Crippen LogP) is 1.68. The molecule has 0 unspecified atom stereocenters. The first-order valence-electron chi connectivity index (χ1n) is 7.94. The number of hydrogen-bond acceptors (Lipinski definition) is 5. The number of fused-ring (bicyclic) bond motifs is 1. The van der Waals surface area contributed by atoms with Gasteiger partial charge in [-0.05, 0) is 18.2 Å². The number of aromatic amines is 1. The molecule has 26 heavy (non-hydrogen) atoms. The topological polar surface area (TPSA) is 106 Å². The maximum Gasteiger partial charge on any atom is 0.272 e. The zero-order valence-electron chi connectivity index (χ0n) is 13.6. The van der Waals surface area contributed by atoms with E-state index in [1.807, 2.05) is 30.3 Å². The SMILES string of the molecule is O=C(Cc1n[nH]c(=O)c2ccccc12)Nc1nncn1-c1ccccc1. The third-order valence-electron chi connectivity index (χ3n) is 3.94. The summed E-state index contributed by atoms with van der Waals surface area (Å²) in [7, 11) is 0. The lowest BCUT2D eigenvalue weighted by Gasteiger charge is -2.08. The standard InChI is InChI=1S/C18H14N6O2/c25-16(10-15-13-8-4-5-9-14(13)17(26)22-21-15)20-18-23-19-11-24(18)12-6-2-1-3-7-12/h1-9,11H,10H2,(H,22,26)(H,20,23,25). The summed E-state index contributed by atoms with van der Waals surface area (Å²) in [6.07, 6.45) is 1.53. The Balaban J connectivity index is 1.59. The summed E-state index contributed by atoms with van der Waals surface area (Å²) in [6, 6.07) is 16.5. The summed E-state index contributed by atoms with van der Waals surface area (Å²) < 4.78 is 1.68. The van der Waals surface area contributed by atoms with Crippen molar-refractivity contribution >= 4 is 22.6 Å². The predicted molar refractivity (Wildman–Crippen MR) is 96.1 cm³/mol. The largest absolute Gasteiger partial charge is 0.294 e. The van der Waals surface area contributed by atoms with Gasteiger partial charge >= 0.3 is 0 Å². The van der Waals surface area contributed by atoms with E-state index in [0.29, 0.717) is 22.4 Å². The van der Waals surface area contributed by atoms with Crippen molar-refractivity contribution < 1.29 is 4.79 Å². The van der Waals surface area contributed by atoms with Crippen LogP contribution < -0.4 is 10.9 Å². The zero-order chi connectivity index (χ0) is 17.9. The molecule has 8 heteroatoms. The van der Waals surface area contributed by atoms with Crippen LogP contribution in [0.2, 0.25) is 0 Å². The van der Waals surface area contributed by atoms with Crippen LogP contribution in [0.5, 0.6) is 0 Å². The molecule has 2 N–H and O–H groups in total. The van der Waals surface area contributed by atoms with Gasteiger partial charge in [0.15, 0.2) is 0 Å². The zero-order valence-corrected chi connectivity index (χ0v) is 13.6. The number of anilines is 1. The first kappa shape index (κ1) is 15.7. The van der Waals surface area contributed by atoms with Crippen LogP contribution >= 0.6 is 0 Å². The van der Waals surface area contributed by atoms with Crippen LogP contribution in [-0.2, 0) is 11.2 Å².